The number of alkyl halides is 3. The lowest BCUT2D eigenvalue weighted by atomic mass is 9.92. The third kappa shape index (κ3) is 6.38. The number of hydrogen-bond acceptors (Lipinski definition) is 8. The van der Waals surface area contributed by atoms with Crippen LogP contribution in [0.3, 0.4) is 0 Å². The number of aromatic nitrogens is 2. The lowest BCUT2D eigenvalue weighted by molar-refractivity contribution is -0.137. The molecule has 1 fully saturated rings. The first-order chi connectivity index (χ1) is 17.0. The second kappa shape index (κ2) is 11.5. The van der Waals surface area contributed by atoms with E-state index in [-0.39, 0.29) is 37.2 Å². The number of likely N-dealkylation sites (tertiary alicyclic amines) is 1. The molecule has 9 nitrogen and oxygen atoms in total. The Labute approximate surface area is 205 Å². The Balaban J connectivity index is 1.65. The average Bonchev–Trinajstić information content (AvgIpc) is 2.83. The molecular weight excluding hydrogens is 482 g/mol. The monoisotopic (exact) mass is 509 g/mol. The summed E-state index contributed by atoms with van der Waals surface area (Å²) in [6.45, 7) is 2.86. The quantitative estimate of drug-likeness (QED) is 0.438. The molecule has 3 atom stereocenters. The third-order valence-corrected chi connectivity index (χ3v) is 6.15. The van der Waals surface area contributed by atoms with Crippen LogP contribution in [-0.2, 0) is 17.5 Å². The average molecular weight is 510 g/mol. The fraction of sp³-hybridized carbons (Fsp3) is 0.478. The molecule has 2 aromatic rings. The van der Waals surface area contributed by atoms with Gasteiger partial charge >= 0.3 is 6.18 Å². The smallest absolute Gasteiger partial charge is 0.391 e. The maximum atomic E-state index is 15.3. The number of rotatable bonds is 9. The molecule has 2 heterocycles. The minimum Gasteiger partial charge on any atom is -0.391 e. The number of nitrogens with two attached hydrogens (primary N) is 1. The van der Waals surface area contributed by atoms with Crippen molar-refractivity contribution < 1.29 is 27.5 Å². The summed E-state index contributed by atoms with van der Waals surface area (Å²) in [5.74, 6) is -1.89. The number of β-amino-alcohol motifs (C(OH)–C–C–N with tert-alkyl or cyclic N) is 1. The molecule has 1 aromatic heterocycles. The highest BCUT2D eigenvalue weighted by Gasteiger charge is 2.34. The molecule has 1 saturated heterocycles. The van der Waals surface area contributed by atoms with E-state index >= 15 is 4.39 Å². The van der Waals surface area contributed by atoms with Gasteiger partial charge in [0.05, 0.1) is 17.7 Å². The first-order valence-corrected chi connectivity index (χ1v) is 11.3. The zero-order valence-corrected chi connectivity index (χ0v) is 19.5. The predicted molar refractivity (Wildman–Crippen MR) is 123 cm³/mol. The van der Waals surface area contributed by atoms with E-state index in [9.17, 15) is 23.1 Å². The van der Waals surface area contributed by atoms with Crippen LogP contribution < -0.4 is 16.0 Å². The summed E-state index contributed by atoms with van der Waals surface area (Å²) in [7, 11) is 0. The van der Waals surface area contributed by atoms with Gasteiger partial charge in [0.15, 0.2) is 17.7 Å². The Bertz CT molecular complexity index is 1090. The number of carbonyl (C=O) groups is 1. The maximum absolute atomic E-state index is 15.3. The Morgan fingerprint density at radius 2 is 2.06 bits per heavy atom. The largest absolute Gasteiger partial charge is 0.416 e. The van der Waals surface area contributed by atoms with Gasteiger partial charge in [0.25, 0.3) is 0 Å². The van der Waals surface area contributed by atoms with Gasteiger partial charge in [-0.2, -0.15) is 22.8 Å². The summed E-state index contributed by atoms with van der Waals surface area (Å²) in [6.07, 6.45) is -3.70. The van der Waals surface area contributed by atoms with Crippen LogP contribution in [0.1, 0.15) is 24.5 Å². The summed E-state index contributed by atoms with van der Waals surface area (Å²) >= 11 is 0. The van der Waals surface area contributed by atoms with Crippen molar-refractivity contribution in [1.29, 1.82) is 5.26 Å². The van der Waals surface area contributed by atoms with Crippen molar-refractivity contribution in [1.82, 2.24) is 14.9 Å². The van der Waals surface area contributed by atoms with Crippen LogP contribution in [0.15, 0.2) is 30.6 Å². The number of anilines is 2. The van der Waals surface area contributed by atoms with Crippen molar-refractivity contribution in [2.75, 3.05) is 36.4 Å². The van der Waals surface area contributed by atoms with Gasteiger partial charge < -0.3 is 21.1 Å². The summed E-state index contributed by atoms with van der Waals surface area (Å²) in [6, 6.07) is 5.33. The number of piperidine rings is 1. The van der Waals surface area contributed by atoms with Crippen molar-refractivity contribution in [3.8, 4) is 6.07 Å². The SMILES string of the molecule is CCN(Cc1ccc(C(F)(F)F)cc1)c1ncnc(NC[C@H]2CCN(C(C#N)C(N)=O)C[C@@H]2O)c1F. The Hall–Kier alpha value is -3.50. The molecule has 13 heteroatoms. The molecule has 1 amide bonds. The van der Waals surface area contributed by atoms with Gasteiger partial charge in [-0.05, 0) is 31.0 Å². The van der Waals surface area contributed by atoms with Gasteiger partial charge in [-0.1, -0.05) is 12.1 Å². The fourth-order valence-corrected chi connectivity index (χ4v) is 4.09. The highest BCUT2D eigenvalue weighted by molar-refractivity contribution is 5.82. The van der Waals surface area contributed by atoms with Crippen LogP contribution in [-0.4, -0.2) is 64.2 Å². The second-order valence-corrected chi connectivity index (χ2v) is 8.49. The molecule has 0 spiro atoms. The molecule has 3 rings (SSSR count). The Kier molecular flexibility index (Phi) is 8.65. The lowest BCUT2D eigenvalue weighted by Crippen LogP contribution is -2.53. The van der Waals surface area contributed by atoms with Crippen LogP contribution in [0.25, 0.3) is 0 Å². The summed E-state index contributed by atoms with van der Waals surface area (Å²) in [5, 5.41) is 22.5. The molecule has 0 saturated carbocycles. The molecule has 194 valence electrons. The Morgan fingerprint density at radius 3 is 2.61 bits per heavy atom. The first kappa shape index (κ1) is 27.1. The van der Waals surface area contributed by atoms with Crippen LogP contribution >= 0.6 is 0 Å². The minimum atomic E-state index is -4.44. The number of primary amides is 1. The van der Waals surface area contributed by atoms with E-state index in [1.807, 2.05) is 6.07 Å². The number of nitriles is 1. The van der Waals surface area contributed by atoms with Gasteiger partial charge in [0.2, 0.25) is 11.7 Å². The number of halogens is 4. The van der Waals surface area contributed by atoms with E-state index in [0.717, 1.165) is 12.1 Å². The number of aliphatic hydroxyl groups excluding tert-OH is 1. The topological polar surface area (TPSA) is 131 Å². The molecular formula is C23H27F4N7O2. The van der Waals surface area contributed by atoms with E-state index in [1.54, 1.807) is 11.8 Å². The van der Waals surface area contributed by atoms with Crippen molar-refractivity contribution in [2.45, 2.75) is 38.2 Å². The zero-order valence-electron chi connectivity index (χ0n) is 19.5. The molecule has 1 aliphatic rings. The summed E-state index contributed by atoms with van der Waals surface area (Å²) in [5.41, 5.74) is 5.02. The number of nitrogens with one attached hydrogen (secondary N) is 1. The van der Waals surface area contributed by atoms with Crippen molar-refractivity contribution >= 4 is 17.5 Å². The normalized spacial score (nSPS) is 19.4. The van der Waals surface area contributed by atoms with Crippen molar-refractivity contribution in [3.63, 3.8) is 0 Å². The summed E-state index contributed by atoms with van der Waals surface area (Å²) < 4.78 is 53.7. The van der Waals surface area contributed by atoms with E-state index in [0.29, 0.717) is 25.1 Å². The van der Waals surface area contributed by atoms with Crippen LogP contribution in [0.4, 0.5) is 29.2 Å². The molecule has 1 unspecified atom stereocenters. The van der Waals surface area contributed by atoms with Gasteiger partial charge in [-0.15, -0.1) is 0 Å². The number of amides is 1. The highest BCUT2D eigenvalue weighted by atomic mass is 19.4. The van der Waals surface area contributed by atoms with E-state index in [1.165, 1.54) is 23.4 Å². The number of carbonyl (C=O) groups excluding carboxylic acids is 1. The zero-order chi connectivity index (χ0) is 26.5. The van der Waals surface area contributed by atoms with E-state index < -0.39 is 35.6 Å². The van der Waals surface area contributed by atoms with Crippen LogP contribution in [0.2, 0.25) is 0 Å². The number of nitrogens with zero attached hydrogens (tertiary/aromatic N) is 5. The number of aliphatic hydroxyl groups is 1. The molecule has 0 bridgehead atoms. The van der Waals surface area contributed by atoms with Gasteiger partial charge in [0.1, 0.15) is 6.33 Å². The van der Waals surface area contributed by atoms with Gasteiger partial charge in [-0.25, -0.2) is 9.97 Å². The molecule has 0 aliphatic carbocycles. The summed E-state index contributed by atoms with van der Waals surface area (Å²) in [4.78, 5) is 22.5. The highest BCUT2D eigenvalue weighted by Crippen LogP contribution is 2.30. The number of hydrogen-bond donors (Lipinski definition) is 3. The van der Waals surface area contributed by atoms with Crippen molar-refractivity contribution in [3.05, 3.63) is 47.5 Å². The molecule has 36 heavy (non-hydrogen) atoms. The van der Waals surface area contributed by atoms with Crippen LogP contribution in [0, 0.1) is 23.1 Å². The molecule has 1 aromatic carbocycles. The van der Waals surface area contributed by atoms with E-state index in [2.05, 4.69) is 15.3 Å². The van der Waals surface area contributed by atoms with Gasteiger partial charge in [-0.3, -0.25) is 9.69 Å². The van der Waals surface area contributed by atoms with E-state index in [4.69, 9.17) is 11.0 Å². The Morgan fingerprint density at radius 1 is 1.36 bits per heavy atom. The second-order valence-electron chi connectivity index (χ2n) is 8.49. The first-order valence-electron chi connectivity index (χ1n) is 11.3. The molecule has 1 aliphatic heterocycles. The van der Waals surface area contributed by atoms with Crippen molar-refractivity contribution in [2.24, 2.45) is 11.7 Å². The predicted octanol–water partition coefficient (Wildman–Crippen LogP) is 2.13. The standard InChI is InChI=1S/C23H27F4N7O2/c1-2-33(11-14-3-5-16(6-4-14)23(25,26)27)22-19(24)21(31-13-32-22)30-10-15-7-8-34(12-18(15)35)17(9-28)20(29)36/h3-6,13,15,17-18,35H,2,7-8,10-12H2,1H3,(H2,29,36)(H,30,31,32)/t15-,17?,18+/m1/s1. The molecule has 0 radical (unpaired) electrons. The lowest BCUT2D eigenvalue weighted by Gasteiger charge is -2.37. The number of benzene rings is 1. The maximum Gasteiger partial charge on any atom is 0.416 e. The van der Waals surface area contributed by atoms with Crippen LogP contribution in [0.5, 0.6) is 0 Å². The third-order valence-electron chi connectivity index (χ3n) is 6.15. The molecule has 4 N–H and O–H groups in total. The minimum absolute atomic E-state index is 0.0106. The van der Waals surface area contributed by atoms with Gasteiger partial charge in [0, 0.05) is 38.6 Å². The fourth-order valence-electron chi connectivity index (χ4n) is 4.09.